The Morgan fingerprint density at radius 1 is 1.19 bits per heavy atom. The van der Waals surface area contributed by atoms with Crippen LogP contribution in [-0.4, -0.2) is 24.2 Å². The molecule has 92 valence electrons. The normalized spacial score (nSPS) is 24.6. The molecule has 2 aliphatic rings. The number of hydrogen-bond donors (Lipinski definition) is 3. The van der Waals surface area contributed by atoms with Crippen LogP contribution in [0.15, 0.2) is 0 Å². The Morgan fingerprint density at radius 3 is 2.38 bits per heavy atom. The summed E-state index contributed by atoms with van der Waals surface area (Å²) in [6, 6.07) is 0.362. The Morgan fingerprint density at radius 2 is 1.88 bits per heavy atom. The standard InChI is InChI=1S/C12H23N3O/c13-9-12(7-4-8-12)15-11(16)14-10-5-2-1-3-6-10/h10H,1-9,13H2,(H2,14,15,16). The van der Waals surface area contributed by atoms with E-state index in [1.54, 1.807) is 0 Å². The molecule has 0 radical (unpaired) electrons. The van der Waals surface area contributed by atoms with Crippen molar-refractivity contribution in [3.8, 4) is 0 Å². The van der Waals surface area contributed by atoms with E-state index >= 15 is 0 Å². The zero-order chi connectivity index (χ0) is 11.4. The largest absolute Gasteiger partial charge is 0.335 e. The third-order valence-electron chi connectivity index (χ3n) is 4.02. The van der Waals surface area contributed by atoms with E-state index in [2.05, 4.69) is 10.6 Å². The zero-order valence-electron chi connectivity index (χ0n) is 9.93. The minimum absolute atomic E-state index is 0.0166. The number of nitrogens with two attached hydrogens (primary N) is 1. The average Bonchev–Trinajstić information content (AvgIpc) is 2.25. The predicted octanol–water partition coefficient (Wildman–Crippen LogP) is 1.50. The summed E-state index contributed by atoms with van der Waals surface area (Å²) in [5, 5.41) is 6.12. The summed E-state index contributed by atoms with van der Waals surface area (Å²) in [5.74, 6) is 0. The third-order valence-corrected chi connectivity index (χ3v) is 4.02. The van der Waals surface area contributed by atoms with E-state index < -0.39 is 0 Å². The Bertz CT molecular complexity index is 239. The Balaban J connectivity index is 1.74. The molecule has 0 atom stereocenters. The van der Waals surface area contributed by atoms with E-state index in [0.717, 1.165) is 25.7 Å². The van der Waals surface area contributed by atoms with Gasteiger partial charge in [-0.3, -0.25) is 0 Å². The first-order chi connectivity index (χ1) is 7.74. The van der Waals surface area contributed by atoms with Crippen LogP contribution in [0.4, 0.5) is 4.79 Å². The van der Waals surface area contributed by atoms with E-state index in [-0.39, 0.29) is 11.6 Å². The summed E-state index contributed by atoms with van der Waals surface area (Å²) in [6.07, 6.45) is 9.29. The second kappa shape index (κ2) is 5.04. The van der Waals surface area contributed by atoms with Gasteiger partial charge in [-0.05, 0) is 32.1 Å². The molecule has 4 heteroatoms. The molecular weight excluding hydrogens is 202 g/mol. The monoisotopic (exact) mass is 225 g/mol. The highest BCUT2D eigenvalue weighted by molar-refractivity contribution is 5.75. The number of urea groups is 1. The lowest BCUT2D eigenvalue weighted by Gasteiger charge is -2.42. The molecule has 0 bridgehead atoms. The minimum atomic E-state index is -0.0985. The van der Waals surface area contributed by atoms with Crippen LogP contribution in [0.25, 0.3) is 0 Å². The van der Waals surface area contributed by atoms with Crippen LogP contribution in [-0.2, 0) is 0 Å². The first-order valence-electron chi connectivity index (χ1n) is 6.53. The van der Waals surface area contributed by atoms with Gasteiger partial charge in [0.15, 0.2) is 0 Å². The molecule has 0 heterocycles. The lowest BCUT2D eigenvalue weighted by Crippen LogP contribution is -2.61. The summed E-state index contributed by atoms with van der Waals surface area (Å²) >= 11 is 0. The summed E-state index contributed by atoms with van der Waals surface area (Å²) in [7, 11) is 0. The fourth-order valence-electron chi connectivity index (χ4n) is 2.69. The van der Waals surface area contributed by atoms with Gasteiger partial charge < -0.3 is 16.4 Å². The van der Waals surface area contributed by atoms with Crippen molar-refractivity contribution in [1.29, 1.82) is 0 Å². The molecule has 4 nitrogen and oxygen atoms in total. The van der Waals surface area contributed by atoms with Gasteiger partial charge in [-0.15, -0.1) is 0 Å². The predicted molar refractivity (Wildman–Crippen MR) is 64.2 cm³/mol. The van der Waals surface area contributed by atoms with Crippen molar-refractivity contribution in [2.24, 2.45) is 5.73 Å². The Kier molecular flexibility index (Phi) is 3.69. The number of carbonyl (C=O) groups is 1. The molecule has 0 aromatic heterocycles. The summed E-state index contributed by atoms with van der Waals surface area (Å²) in [4.78, 5) is 11.8. The van der Waals surface area contributed by atoms with Crippen molar-refractivity contribution in [3.05, 3.63) is 0 Å². The molecule has 0 spiro atoms. The molecule has 0 aromatic carbocycles. The molecule has 2 fully saturated rings. The molecule has 2 rings (SSSR count). The topological polar surface area (TPSA) is 67.1 Å². The van der Waals surface area contributed by atoms with Crippen molar-refractivity contribution >= 4 is 6.03 Å². The van der Waals surface area contributed by atoms with Gasteiger partial charge in [0.2, 0.25) is 0 Å². The van der Waals surface area contributed by atoms with E-state index in [9.17, 15) is 4.79 Å². The SMILES string of the molecule is NCC1(NC(=O)NC2CCCCC2)CCC1. The van der Waals surface area contributed by atoms with Gasteiger partial charge in [-0.1, -0.05) is 19.3 Å². The highest BCUT2D eigenvalue weighted by Crippen LogP contribution is 2.30. The number of carbonyl (C=O) groups excluding carboxylic acids is 1. The van der Waals surface area contributed by atoms with Gasteiger partial charge >= 0.3 is 6.03 Å². The van der Waals surface area contributed by atoms with E-state index in [1.165, 1.54) is 25.7 Å². The fourth-order valence-corrected chi connectivity index (χ4v) is 2.69. The van der Waals surface area contributed by atoms with Crippen molar-refractivity contribution in [3.63, 3.8) is 0 Å². The molecule has 0 unspecified atom stereocenters. The molecule has 2 amide bonds. The molecule has 16 heavy (non-hydrogen) atoms. The molecule has 0 aromatic rings. The van der Waals surface area contributed by atoms with Gasteiger partial charge in [0.05, 0.1) is 5.54 Å². The number of amides is 2. The van der Waals surface area contributed by atoms with Crippen LogP contribution in [0.5, 0.6) is 0 Å². The average molecular weight is 225 g/mol. The lowest BCUT2D eigenvalue weighted by atomic mass is 9.77. The quantitative estimate of drug-likeness (QED) is 0.681. The maximum Gasteiger partial charge on any atom is 0.315 e. The second-order valence-electron chi connectivity index (χ2n) is 5.27. The van der Waals surface area contributed by atoms with E-state index in [0.29, 0.717) is 12.6 Å². The van der Waals surface area contributed by atoms with E-state index in [4.69, 9.17) is 5.73 Å². The maximum atomic E-state index is 11.8. The molecular formula is C12H23N3O. The van der Waals surface area contributed by atoms with Gasteiger partial charge in [0.25, 0.3) is 0 Å². The Hall–Kier alpha value is -0.770. The Labute approximate surface area is 97.3 Å². The number of hydrogen-bond acceptors (Lipinski definition) is 2. The van der Waals surface area contributed by atoms with Crippen LogP contribution in [0, 0.1) is 0 Å². The first kappa shape index (κ1) is 11.7. The van der Waals surface area contributed by atoms with E-state index in [1.807, 2.05) is 0 Å². The maximum absolute atomic E-state index is 11.8. The molecule has 2 aliphatic carbocycles. The first-order valence-corrected chi connectivity index (χ1v) is 6.53. The molecule has 0 saturated heterocycles. The second-order valence-corrected chi connectivity index (χ2v) is 5.27. The zero-order valence-corrected chi connectivity index (χ0v) is 9.93. The summed E-state index contributed by atoms with van der Waals surface area (Å²) in [5.41, 5.74) is 5.61. The van der Waals surface area contributed by atoms with Crippen LogP contribution >= 0.6 is 0 Å². The highest BCUT2D eigenvalue weighted by atomic mass is 16.2. The van der Waals surface area contributed by atoms with Crippen LogP contribution < -0.4 is 16.4 Å². The van der Waals surface area contributed by atoms with Gasteiger partial charge in [0, 0.05) is 12.6 Å². The minimum Gasteiger partial charge on any atom is -0.335 e. The number of rotatable bonds is 3. The van der Waals surface area contributed by atoms with Crippen molar-refractivity contribution in [2.45, 2.75) is 62.9 Å². The van der Waals surface area contributed by atoms with Gasteiger partial charge in [0.1, 0.15) is 0 Å². The van der Waals surface area contributed by atoms with Crippen LogP contribution in [0.2, 0.25) is 0 Å². The third kappa shape index (κ3) is 2.67. The van der Waals surface area contributed by atoms with Gasteiger partial charge in [-0.2, -0.15) is 0 Å². The number of nitrogens with one attached hydrogen (secondary N) is 2. The van der Waals surface area contributed by atoms with Crippen molar-refractivity contribution in [2.75, 3.05) is 6.54 Å². The van der Waals surface area contributed by atoms with Crippen molar-refractivity contribution < 1.29 is 4.79 Å². The van der Waals surface area contributed by atoms with Gasteiger partial charge in [-0.25, -0.2) is 4.79 Å². The lowest BCUT2D eigenvalue weighted by molar-refractivity contribution is 0.178. The van der Waals surface area contributed by atoms with Crippen molar-refractivity contribution in [1.82, 2.24) is 10.6 Å². The highest BCUT2D eigenvalue weighted by Gasteiger charge is 2.37. The molecule has 2 saturated carbocycles. The van der Waals surface area contributed by atoms with Crippen LogP contribution in [0.3, 0.4) is 0 Å². The fraction of sp³-hybridized carbons (Fsp3) is 0.917. The molecule has 4 N–H and O–H groups in total. The summed E-state index contributed by atoms with van der Waals surface area (Å²) < 4.78 is 0. The van der Waals surface area contributed by atoms with Crippen LogP contribution in [0.1, 0.15) is 51.4 Å². The molecule has 0 aliphatic heterocycles. The summed E-state index contributed by atoms with van der Waals surface area (Å²) in [6.45, 7) is 0.561. The smallest absolute Gasteiger partial charge is 0.315 e.